The Balaban J connectivity index is 1.47. The third kappa shape index (κ3) is 3.31. The molecule has 1 atom stereocenters. The summed E-state index contributed by atoms with van der Waals surface area (Å²) in [6, 6.07) is 9.14. The number of anilines is 2. The van der Waals surface area contributed by atoms with E-state index < -0.39 is 16.7 Å². The predicted molar refractivity (Wildman–Crippen MR) is 99.8 cm³/mol. The molecule has 28 heavy (non-hydrogen) atoms. The van der Waals surface area contributed by atoms with Crippen molar-refractivity contribution in [3.8, 4) is 11.5 Å². The van der Waals surface area contributed by atoms with Crippen LogP contribution < -0.4 is 19.7 Å². The van der Waals surface area contributed by atoms with Crippen molar-refractivity contribution in [2.24, 2.45) is 5.92 Å². The highest BCUT2D eigenvalue weighted by molar-refractivity contribution is 6.32. The zero-order valence-corrected chi connectivity index (χ0v) is 15.1. The molecule has 1 fully saturated rings. The van der Waals surface area contributed by atoms with Crippen molar-refractivity contribution < 1.29 is 24.0 Å². The normalized spacial score (nSPS) is 17.7. The second-order valence-corrected chi connectivity index (χ2v) is 6.76. The fraction of sp³-hybridized carbons (Fsp3) is 0.222. The van der Waals surface area contributed by atoms with Gasteiger partial charge in [0.05, 0.1) is 10.8 Å². The van der Waals surface area contributed by atoms with Gasteiger partial charge in [0.15, 0.2) is 11.5 Å². The van der Waals surface area contributed by atoms with Crippen LogP contribution in [0.1, 0.15) is 6.42 Å². The van der Waals surface area contributed by atoms with Crippen molar-refractivity contribution >= 4 is 40.5 Å². The first-order valence-corrected chi connectivity index (χ1v) is 8.75. The number of benzene rings is 2. The van der Waals surface area contributed by atoms with Gasteiger partial charge in [-0.2, -0.15) is 0 Å². The minimum atomic E-state index is -0.627. The van der Waals surface area contributed by atoms with E-state index in [2.05, 4.69) is 5.32 Å². The molecule has 2 amide bonds. The molecule has 0 spiro atoms. The number of carbonyl (C=O) groups excluding carboxylic acids is 2. The molecule has 9 nitrogen and oxygen atoms in total. The number of halogens is 1. The summed E-state index contributed by atoms with van der Waals surface area (Å²) < 4.78 is 10.6. The van der Waals surface area contributed by atoms with Gasteiger partial charge in [0.2, 0.25) is 18.6 Å². The third-order valence-corrected chi connectivity index (χ3v) is 4.89. The Hall–Kier alpha value is -3.33. The Morgan fingerprint density at radius 1 is 1.21 bits per heavy atom. The molecular weight excluding hydrogens is 390 g/mol. The van der Waals surface area contributed by atoms with E-state index in [1.165, 1.54) is 23.1 Å². The molecule has 2 aromatic rings. The average Bonchev–Trinajstić information content (AvgIpc) is 3.28. The summed E-state index contributed by atoms with van der Waals surface area (Å²) in [5.74, 6) is -0.0253. The van der Waals surface area contributed by atoms with Crippen LogP contribution in [0.4, 0.5) is 17.1 Å². The van der Waals surface area contributed by atoms with E-state index in [9.17, 15) is 19.7 Å². The van der Waals surface area contributed by atoms with Crippen LogP contribution in [0.2, 0.25) is 5.02 Å². The van der Waals surface area contributed by atoms with E-state index in [1.807, 2.05) is 0 Å². The molecule has 0 aromatic heterocycles. The zero-order valence-electron chi connectivity index (χ0n) is 14.4. The molecule has 2 aliphatic rings. The van der Waals surface area contributed by atoms with E-state index >= 15 is 0 Å². The van der Waals surface area contributed by atoms with Gasteiger partial charge in [-0.05, 0) is 24.3 Å². The summed E-state index contributed by atoms with van der Waals surface area (Å²) >= 11 is 5.78. The van der Waals surface area contributed by atoms with E-state index in [-0.39, 0.29) is 42.1 Å². The monoisotopic (exact) mass is 403 g/mol. The smallest absolute Gasteiger partial charge is 0.289 e. The first kappa shape index (κ1) is 18.1. The minimum absolute atomic E-state index is 0.0203. The maximum Gasteiger partial charge on any atom is 0.289 e. The van der Waals surface area contributed by atoms with E-state index in [1.54, 1.807) is 18.2 Å². The summed E-state index contributed by atoms with van der Waals surface area (Å²) in [7, 11) is 0. The number of amides is 2. The minimum Gasteiger partial charge on any atom is -0.454 e. The van der Waals surface area contributed by atoms with Gasteiger partial charge >= 0.3 is 0 Å². The molecule has 0 radical (unpaired) electrons. The number of hydrogen-bond acceptors (Lipinski definition) is 6. The number of nitrogens with zero attached hydrogens (tertiary/aromatic N) is 2. The van der Waals surface area contributed by atoms with Crippen molar-refractivity contribution in [1.82, 2.24) is 0 Å². The quantitative estimate of drug-likeness (QED) is 0.620. The van der Waals surface area contributed by atoms with Crippen LogP contribution in [0.5, 0.6) is 11.5 Å². The number of fused-ring (bicyclic) bond motifs is 1. The highest BCUT2D eigenvalue weighted by Gasteiger charge is 2.36. The lowest BCUT2D eigenvalue weighted by atomic mass is 10.1. The van der Waals surface area contributed by atoms with Crippen LogP contribution in [0.3, 0.4) is 0 Å². The van der Waals surface area contributed by atoms with Gasteiger partial charge in [-0.3, -0.25) is 19.7 Å². The second-order valence-electron chi connectivity index (χ2n) is 6.36. The largest absolute Gasteiger partial charge is 0.454 e. The van der Waals surface area contributed by atoms with Gasteiger partial charge in [-0.1, -0.05) is 11.6 Å². The van der Waals surface area contributed by atoms with Crippen molar-refractivity contribution in [3.05, 3.63) is 51.5 Å². The number of rotatable bonds is 4. The maximum atomic E-state index is 12.6. The molecule has 2 aromatic carbocycles. The number of nitrogens with one attached hydrogen (secondary N) is 1. The predicted octanol–water partition coefficient (Wildman–Crippen LogP) is 2.97. The molecular formula is C18H14ClN3O6. The van der Waals surface area contributed by atoms with Crippen molar-refractivity contribution in [2.45, 2.75) is 6.42 Å². The summed E-state index contributed by atoms with van der Waals surface area (Å²) in [4.78, 5) is 36.8. The lowest BCUT2D eigenvalue weighted by Crippen LogP contribution is -2.28. The summed E-state index contributed by atoms with van der Waals surface area (Å²) in [6.07, 6.45) is 0.0377. The third-order valence-electron chi connectivity index (χ3n) is 4.57. The molecule has 1 saturated heterocycles. The van der Waals surface area contributed by atoms with Gasteiger partial charge in [0.25, 0.3) is 5.69 Å². The first-order chi connectivity index (χ1) is 13.4. The molecule has 144 valence electrons. The summed E-state index contributed by atoms with van der Waals surface area (Å²) in [5.41, 5.74) is 0.561. The highest BCUT2D eigenvalue weighted by Crippen LogP contribution is 2.37. The molecule has 0 saturated carbocycles. The van der Waals surface area contributed by atoms with Gasteiger partial charge in [-0.15, -0.1) is 0 Å². The average molecular weight is 404 g/mol. The summed E-state index contributed by atoms with van der Waals surface area (Å²) in [6.45, 7) is 0.324. The van der Waals surface area contributed by atoms with Crippen molar-refractivity contribution in [3.63, 3.8) is 0 Å². The van der Waals surface area contributed by atoms with Crippen molar-refractivity contribution in [1.29, 1.82) is 0 Å². The van der Waals surface area contributed by atoms with Crippen LogP contribution in [0.25, 0.3) is 0 Å². The topological polar surface area (TPSA) is 111 Å². The number of ether oxygens (including phenoxy) is 2. The molecule has 4 rings (SSSR count). The Kier molecular flexibility index (Phi) is 4.52. The molecule has 0 aliphatic carbocycles. The zero-order chi connectivity index (χ0) is 19.8. The van der Waals surface area contributed by atoms with E-state index in [4.69, 9.17) is 21.1 Å². The SMILES string of the molecule is O=C(Nc1ccc(Cl)c([N+](=O)[O-])c1)C1CC(=O)N(c2ccc3c(c2)OCO3)C1. The first-order valence-electron chi connectivity index (χ1n) is 8.37. The fourth-order valence-corrected chi connectivity index (χ4v) is 3.35. The lowest BCUT2D eigenvalue weighted by molar-refractivity contribution is -0.384. The van der Waals surface area contributed by atoms with Gasteiger partial charge < -0.3 is 19.7 Å². The summed E-state index contributed by atoms with van der Waals surface area (Å²) in [5, 5.41) is 13.6. The molecule has 0 bridgehead atoms. The van der Waals surface area contributed by atoms with Gasteiger partial charge in [-0.25, -0.2) is 0 Å². The molecule has 10 heteroatoms. The second kappa shape index (κ2) is 7.01. The van der Waals surface area contributed by atoms with Crippen LogP contribution in [0, 0.1) is 16.0 Å². The Morgan fingerprint density at radius 3 is 2.79 bits per heavy atom. The number of nitro groups is 1. The molecule has 2 heterocycles. The van der Waals surface area contributed by atoms with E-state index in [0.29, 0.717) is 17.2 Å². The number of hydrogen-bond donors (Lipinski definition) is 1. The Morgan fingerprint density at radius 2 is 2.00 bits per heavy atom. The van der Waals surface area contributed by atoms with Gasteiger partial charge in [0, 0.05) is 36.5 Å². The van der Waals surface area contributed by atoms with E-state index in [0.717, 1.165) is 0 Å². The standard InChI is InChI=1S/C18H14ClN3O6/c19-13-3-1-11(6-14(13)22(25)26)20-18(24)10-5-17(23)21(8-10)12-2-4-15-16(7-12)28-9-27-15/h1-4,6-7,10H,5,8-9H2,(H,20,24). The fourth-order valence-electron chi connectivity index (χ4n) is 3.16. The van der Waals surface area contributed by atoms with Crippen LogP contribution in [-0.4, -0.2) is 30.1 Å². The van der Waals surface area contributed by atoms with Crippen LogP contribution in [-0.2, 0) is 9.59 Å². The maximum absolute atomic E-state index is 12.6. The molecule has 2 aliphatic heterocycles. The van der Waals surface area contributed by atoms with Crippen LogP contribution >= 0.6 is 11.6 Å². The number of nitro benzene ring substituents is 1. The van der Waals surface area contributed by atoms with Crippen molar-refractivity contribution in [2.75, 3.05) is 23.6 Å². The molecule has 1 unspecified atom stereocenters. The Labute approximate surface area is 163 Å². The highest BCUT2D eigenvalue weighted by atomic mass is 35.5. The Bertz CT molecular complexity index is 995. The van der Waals surface area contributed by atoms with Gasteiger partial charge in [0.1, 0.15) is 5.02 Å². The van der Waals surface area contributed by atoms with Crippen LogP contribution in [0.15, 0.2) is 36.4 Å². The lowest BCUT2D eigenvalue weighted by Gasteiger charge is -2.17. The molecule has 1 N–H and O–H groups in total. The number of carbonyl (C=O) groups is 2.